The number of carbonyl (C=O) groups excluding carboxylic acids is 1. The summed E-state index contributed by atoms with van der Waals surface area (Å²) in [4.78, 5) is 21.6. The van der Waals surface area contributed by atoms with Gasteiger partial charge in [0.25, 0.3) is 0 Å². The minimum Gasteiger partial charge on any atom is -0.508 e. The Labute approximate surface area is 144 Å². The largest absolute Gasteiger partial charge is 0.508 e. The number of Topliss-reactive ketones (excluding diaryl/α,β-unsaturated/α-hetero) is 1. The van der Waals surface area contributed by atoms with Crippen molar-refractivity contribution in [1.82, 2.24) is 0 Å². The van der Waals surface area contributed by atoms with Crippen LogP contribution in [0.25, 0.3) is 0 Å². The summed E-state index contributed by atoms with van der Waals surface area (Å²) in [5, 5.41) is 35.9. The lowest BCUT2D eigenvalue weighted by molar-refractivity contribution is -0.138. The molecule has 0 saturated heterocycles. The number of aliphatic carboxylic acids is 1. The van der Waals surface area contributed by atoms with Gasteiger partial charge < -0.3 is 26.2 Å². The van der Waals surface area contributed by atoms with E-state index in [4.69, 9.17) is 15.9 Å². The molecule has 1 unspecified atom stereocenters. The van der Waals surface area contributed by atoms with E-state index < -0.39 is 23.6 Å². The van der Waals surface area contributed by atoms with Gasteiger partial charge in [-0.3, -0.25) is 9.59 Å². The number of phenolic OH excluding ortho intramolecular Hbond substituents is 1. The summed E-state index contributed by atoms with van der Waals surface area (Å²) in [6, 6.07) is 12.2. The Hall–Kier alpha value is -2.74. The molecule has 0 saturated carbocycles. The highest BCUT2D eigenvalue weighted by Gasteiger charge is 2.41. The van der Waals surface area contributed by atoms with Gasteiger partial charge in [0.2, 0.25) is 11.6 Å². The summed E-state index contributed by atoms with van der Waals surface area (Å²) in [6.07, 6.45) is 0.275. The number of fused-ring (bicyclic) bond motifs is 1. The van der Waals surface area contributed by atoms with Gasteiger partial charge in [0.05, 0.1) is 0 Å². The van der Waals surface area contributed by atoms with Crippen LogP contribution in [-0.4, -0.2) is 44.0 Å². The predicted octanol–water partition coefficient (Wildman–Crippen LogP) is 0.453. The van der Waals surface area contributed by atoms with E-state index in [0.717, 1.165) is 5.56 Å². The Morgan fingerprint density at radius 1 is 1.12 bits per heavy atom. The van der Waals surface area contributed by atoms with Gasteiger partial charge in [-0.05, 0) is 29.7 Å². The third kappa shape index (κ3) is 4.63. The molecule has 0 amide bonds. The van der Waals surface area contributed by atoms with Crippen LogP contribution in [0.1, 0.15) is 21.5 Å². The number of hydrogen-bond acceptors (Lipinski definition) is 6. The van der Waals surface area contributed by atoms with Gasteiger partial charge in [-0.25, -0.2) is 0 Å². The van der Waals surface area contributed by atoms with Gasteiger partial charge in [0, 0.05) is 12.0 Å². The Kier molecular flexibility index (Phi) is 5.53. The molecule has 1 aliphatic rings. The van der Waals surface area contributed by atoms with Gasteiger partial charge in [-0.15, -0.1) is 0 Å². The van der Waals surface area contributed by atoms with E-state index in [1.54, 1.807) is 36.4 Å². The fourth-order valence-electron chi connectivity index (χ4n) is 2.43. The second-order valence-electron chi connectivity index (χ2n) is 5.79. The van der Waals surface area contributed by atoms with E-state index >= 15 is 0 Å². The lowest BCUT2D eigenvalue weighted by Gasteiger charge is -2.10. The van der Waals surface area contributed by atoms with Crippen LogP contribution in [0.5, 0.6) is 5.75 Å². The number of hydrogen-bond donors (Lipinski definition) is 5. The first kappa shape index (κ1) is 18.6. The minimum absolute atomic E-state index is 0.00199. The standard InChI is InChI=1S/C9H11NO3.C9H8O3/c10-8(9(12)13)5-6-1-3-7(11)4-2-6;10-8-7-4-2-1-3-6(7)5-9(8,11)12/h1-4,8,11H,5,10H2,(H,12,13);1-4,11-12H,5H2. The number of aliphatic hydroxyl groups is 2. The molecule has 7 heteroatoms. The smallest absolute Gasteiger partial charge is 0.320 e. The molecule has 0 aliphatic heterocycles. The van der Waals surface area contributed by atoms with Crippen molar-refractivity contribution in [3.63, 3.8) is 0 Å². The van der Waals surface area contributed by atoms with Gasteiger partial charge in [0.1, 0.15) is 11.8 Å². The number of rotatable bonds is 3. The Morgan fingerprint density at radius 3 is 2.28 bits per heavy atom. The summed E-state index contributed by atoms with van der Waals surface area (Å²) in [5.41, 5.74) is 7.24. The number of nitrogens with two attached hydrogens (primary N) is 1. The molecule has 6 N–H and O–H groups in total. The quantitative estimate of drug-likeness (QED) is 0.509. The maximum atomic E-state index is 11.2. The van der Waals surface area contributed by atoms with Crippen molar-refractivity contribution >= 4 is 11.8 Å². The number of carboxylic acid groups (broad SMARTS) is 1. The highest BCUT2D eigenvalue weighted by molar-refractivity contribution is 6.05. The maximum absolute atomic E-state index is 11.2. The Bertz CT molecular complexity index is 769. The van der Waals surface area contributed by atoms with Crippen LogP contribution in [0.2, 0.25) is 0 Å². The van der Waals surface area contributed by atoms with Crippen molar-refractivity contribution in [1.29, 1.82) is 0 Å². The van der Waals surface area contributed by atoms with Crippen molar-refractivity contribution in [2.75, 3.05) is 0 Å². The second kappa shape index (κ2) is 7.43. The molecule has 1 atom stereocenters. The minimum atomic E-state index is -2.18. The first-order valence-corrected chi connectivity index (χ1v) is 7.54. The van der Waals surface area contributed by atoms with Crippen LogP contribution in [0.4, 0.5) is 0 Å². The lowest BCUT2D eigenvalue weighted by atomic mass is 10.1. The van der Waals surface area contributed by atoms with Crippen LogP contribution in [0.15, 0.2) is 48.5 Å². The molecular weight excluding hydrogens is 326 g/mol. The molecule has 0 spiro atoms. The van der Waals surface area contributed by atoms with Gasteiger partial charge >= 0.3 is 5.97 Å². The molecule has 0 bridgehead atoms. The fraction of sp³-hybridized carbons (Fsp3) is 0.222. The molecule has 2 aromatic carbocycles. The topological polar surface area (TPSA) is 141 Å². The first-order chi connectivity index (χ1) is 11.7. The zero-order valence-corrected chi connectivity index (χ0v) is 13.3. The Balaban J connectivity index is 0.000000181. The van der Waals surface area contributed by atoms with E-state index in [9.17, 15) is 19.8 Å². The summed E-state index contributed by atoms with van der Waals surface area (Å²) in [6.45, 7) is 0. The zero-order valence-electron chi connectivity index (χ0n) is 13.3. The third-order valence-corrected chi connectivity index (χ3v) is 3.77. The summed E-state index contributed by atoms with van der Waals surface area (Å²) in [7, 11) is 0. The molecule has 0 fully saturated rings. The highest BCUT2D eigenvalue weighted by atomic mass is 16.5. The average molecular weight is 345 g/mol. The molecule has 132 valence electrons. The SMILES string of the molecule is NC(Cc1ccc(O)cc1)C(=O)O.O=C1c2ccccc2CC1(O)O. The summed E-state index contributed by atoms with van der Waals surface area (Å²) in [5.74, 6) is -3.64. The van der Waals surface area contributed by atoms with Crippen LogP contribution in [0.3, 0.4) is 0 Å². The van der Waals surface area contributed by atoms with E-state index in [-0.39, 0.29) is 18.6 Å². The van der Waals surface area contributed by atoms with Crippen molar-refractivity contribution < 1.29 is 30.0 Å². The molecule has 25 heavy (non-hydrogen) atoms. The van der Waals surface area contributed by atoms with Gasteiger partial charge in [-0.1, -0.05) is 36.4 Å². The molecule has 1 aliphatic carbocycles. The highest BCUT2D eigenvalue weighted by Crippen LogP contribution is 2.27. The van der Waals surface area contributed by atoms with Crippen LogP contribution in [-0.2, 0) is 17.6 Å². The molecule has 3 rings (SSSR count). The maximum Gasteiger partial charge on any atom is 0.320 e. The molecule has 0 aromatic heterocycles. The van der Waals surface area contributed by atoms with Crippen molar-refractivity contribution in [3.05, 3.63) is 65.2 Å². The third-order valence-electron chi connectivity index (χ3n) is 3.77. The number of carboxylic acids is 1. The van der Waals surface area contributed by atoms with Crippen LogP contribution >= 0.6 is 0 Å². The lowest BCUT2D eigenvalue weighted by Crippen LogP contribution is -2.34. The van der Waals surface area contributed by atoms with Gasteiger partial charge in [-0.2, -0.15) is 0 Å². The van der Waals surface area contributed by atoms with Crippen molar-refractivity contribution in [3.8, 4) is 5.75 Å². The van der Waals surface area contributed by atoms with Crippen LogP contribution in [0, 0.1) is 0 Å². The van der Waals surface area contributed by atoms with Crippen LogP contribution < -0.4 is 5.73 Å². The molecular formula is C18H19NO6. The monoisotopic (exact) mass is 345 g/mol. The molecule has 0 radical (unpaired) electrons. The van der Waals surface area contributed by atoms with Gasteiger partial charge in [0.15, 0.2) is 0 Å². The Morgan fingerprint density at radius 2 is 1.72 bits per heavy atom. The number of aromatic hydroxyl groups is 1. The molecule has 2 aromatic rings. The number of benzene rings is 2. The summed E-state index contributed by atoms with van der Waals surface area (Å²) < 4.78 is 0. The zero-order chi connectivity index (χ0) is 18.6. The number of phenols is 1. The second-order valence-corrected chi connectivity index (χ2v) is 5.79. The summed E-state index contributed by atoms with van der Waals surface area (Å²) >= 11 is 0. The molecule has 0 heterocycles. The molecule has 7 nitrogen and oxygen atoms in total. The predicted molar refractivity (Wildman–Crippen MR) is 89.1 cm³/mol. The fourth-order valence-corrected chi connectivity index (χ4v) is 2.43. The first-order valence-electron chi connectivity index (χ1n) is 7.54. The van der Waals surface area contributed by atoms with E-state index in [1.807, 2.05) is 0 Å². The normalized spacial score (nSPS) is 15.7. The van der Waals surface area contributed by atoms with E-state index in [2.05, 4.69) is 0 Å². The average Bonchev–Trinajstić information content (AvgIpc) is 2.80. The number of ketones is 1. The van der Waals surface area contributed by atoms with Crippen molar-refractivity contribution in [2.24, 2.45) is 5.73 Å². The van der Waals surface area contributed by atoms with E-state index in [0.29, 0.717) is 11.1 Å². The van der Waals surface area contributed by atoms with Crippen molar-refractivity contribution in [2.45, 2.75) is 24.7 Å². The van der Waals surface area contributed by atoms with E-state index in [1.165, 1.54) is 12.1 Å². The number of carbonyl (C=O) groups is 2.